The molecule has 1 saturated carbocycles. The summed E-state index contributed by atoms with van der Waals surface area (Å²) in [5.41, 5.74) is 8.74. The van der Waals surface area contributed by atoms with Crippen molar-refractivity contribution in [1.29, 1.82) is 0 Å². The first kappa shape index (κ1) is 25.8. The third kappa shape index (κ3) is 5.38. The van der Waals surface area contributed by atoms with E-state index in [-0.39, 0.29) is 11.9 Å². The number of carbonyl (C=O) groups excluding carboxylic acids is 1. The fraction of sp³-hybridized carbons (Fsp3) is 0.333. The van der Waals surface area contributed by atoms with Gasteiger partial charge in [0.2, 0.25) is 0 Å². The zero-order valence-electron chi connectivity index (χ0n) is 22.6. The van der Waals surface area contributed by atoms with E-state index in [0.717, 1.165) is 38.9 Å². The molecule has 196 valence electrons. The molecule has 1 unspecified atom stereocenters. The van der Waals surface area contributed by atoms with E-state index in [9.17, 15) is 14.7 Å². The molecule has 0 spiro atoms. The van der Waals surface area contributed by atoms with Crippen molar-refractivity contribution >= 4 is 22.8 Å². The highest BCUT2D eigenvalue weighted by Crippen LogP contribution is 2.40. The number of carboxylic acids is 1. The molecular weight excluding hydrogens is 472 g/mol. The van der Waals surface area contributed by atoms with Crippen LogP contribution in [-0.4, -0.2) is 21.6 Å². The lowest BCUT2D eigenvalue weighted by molar-refractivity contribution is -0.141. The Morgan fingerprint density at radius 3 is 2.45 bits per heavy atom. The van der Waals surface area contributed by atoms with Crippen molar-refractivity contribution in [3.63, 3.8) is 0 Å². The van der Waals surface area contributed by atoms with Gasteiger partial charge in [-0.2, -0.15) is 0 Å². The molecule has 5 rings (SSSR count). The maximum absolute atomic E-state index is 13.2. The van der Waals surface area contributed by atoms with Gasteiger partial charge in [-0.25, -0.2) is 0 Å². The monoisotopic (exact) mass is 508 g/mol. The molecule has 2 N–H and O–H groups in total. The number of fused-ring (bicyclic) bond motifs is 1. The lowest BCUT2D eigenvalue weighted by atomic mass is 9.99. The molecule has 0 saturated heterocycles. The van der Waals surface area contributed by atoms with Crippen LogP contribution >= 0.6 is 0 Å². The molecular formula is C33H36N2O3. The third-order valence-electron chi connectivity index (χ3n) is 8.00. The average molecular weight is 509 g/mol. The number of aromatic nitrogens is 1. The van der Waals surface area contributed by atoms with Gasteiger partial charge in [0.1, 0.15) is 0 Å². The summed E-state index contributed by atoms with van der Waals surface area (Å²) in [4.78, 5) is 24.5. The molecule has 0 bridgehead atoms. The number of carboxylic acid groups (broad SMARTS) is 1. The minimum absolute atomic E-state index is 0.0683. The summed E-state index contributed by atoms with van der Waals surface area (Å²) in [7, 11) is 0. The SMILES string of the molecule is Cc1c(C)n(Cc2cccc(CC(C)C(=O)O)c2)c2ccc(C(=O)N[C@@H](C)c3cccc(C4CC4)c3)cc12. The Bertz CT molecular complexity index is 1510. The highest BCUT2D eigenvalue weighted by molar-refractivity contribution is 5.99. The van der Waals surface area contributed by atoms with Gasteiger partial charge >= 0.3 is 5.97 Å². The summed E-state index contributed by atoms with van der Waals surface area (Å²) in [5.74, 6) is -0.581. The van der Waals surface area contributed by atoms with Crippen molar-refractivity contribution < 1.29 is 14.7 Å². The Morgan fingerprint density at radius 1 is 0.974 bits per heavy atom. The standard InChI is InChI=1S/C33H36N2O3/c1-20(33(37)38)15-24-7-5-8-25(16-24)19-35-23(4)21(2)30-18-29(13-14-31(30)35)32(36)34-22(3)27-9-6-10-28(17-27)26-11-12-26/h5-10,13-14,16-18,20,22,26H,11-12,15,19H2,1-4H3,(H,34,36)(H,37,38)/t20?,22-/m0/s1. The minimum Gasteiger partial charge on any atom is -0.481 e. The van der Waals surface area contributed by atoms with Gasteiger partial charge in [0, 0.05) is 28.7 Å². The Kier molecular flexibility index (Phi) is 7.11. The second-order valence-corrected chi connectivity index (χ2v) is 10.9. The predicted molar refractivity (Wildman–Crippen MR) is 152 cm³/mol. The van der Waals surface area contributed by atoms with Crippen LogP contribution in [0.15, 0.2) is 66.7 Å². The Morgan fingerprint density at radius 2 is 1.71 bits per heavy atom. The molecule has 5 nitrogen and oxygen atoms in total. The molecule has 5 heteroatoms. The second kappa shape index (κ2) is 10.5. The van der Waals surface area contributed by atoms with Crippen LogP contribution in [0.25, 0.3) is 10.9 Å². The van der Waals surface area contributed by atoms with E-state index in [1.54, 1.807) is 6.92 Å². The van der Waals surface area contributed by atoms with E-state index in [1.165, 1.54) is 18.4 Å². The lowest BCUT2D eigenvalue weighted by Gasteiger charge is -2.16. The van der Waals surface area contributed by atoms with Crippen LogP contribution in [-0.2, 0) is 17.8 Å². The van der Waals surface area contributed by atoms with Crippen LogP contribution < -0.4 is 5.32 Å². The normalized spacial score (nSPS) is 14.8. The van der Waals surface area contributed by atoms with E-state index < -0.39 is 11.9 Å². The lowest BCUT2D eigenvalue weighted by Crippen LogP contribution is -2.26. The van der Waals surface area contributed by atoms with Crippen molar-refractivity contribution in [1.82, 2.24) is 9.88 Å². The first-order valence-electron chi connectivity index (χ1n) is 13.5. The zero-order chi connectivity index (χ0) is 27.0. The topological polar surface area (TPSA) is 71.3 Å². The Balaban J connectivity index is 1.35. The van der Waals surface area contributed by atoms with Crippen molar-refractivity contribution in [2.75, 3.05) is 0 Å². The number of hydrogen-bond acceptors (Lipinski definition) is 2. The van der Waals surface area contributed by atoms with E-state index in [1.807, 2.05) is 37.3 Å². The molecule has 2 atom stereocenters. The maximum Gasteiger partial charge on any atom is 0.306 e. The average Bonchev–Trinajstić information content (AvgIpc) is 3.73. The van der Waals surface area contributed by atoms with Crippen LogP contribution in [0.3, 0.4) is 0 Å². The van der Waals surface area contributed by atoms with Crippen LogP contribution in [0, 0.1) is 19.8 Å². The molecule has 1 aromatic heterocycles. The molecule has 38 heavy (non-hydrogen) atoms. The number of benzene rings is 3. The van der Waals surface area contributed by atoms with Gasteiger partial charge < -0.3 is 15.0 Å². The molecule has 1 heterocycles. The Hall–Kier alpha value is -3.86. The number of nitrogens with zero attached hydrogens (tertiary/aromatic N) is 1. The van der Waals surface area contributed by atoms with Gasteiger partial charge in [-0.3, -0.25) is 9.59 Å². The molecule has 1 fully saturated rings. The molecule has 0 aliphatic heterocycles. The van der Waals surface area contributed by atoms with Crippen molar-refractivity contribution in [3.05, 3.63) is 106 Å². The highest BCUT2D eigenvalue weighted by Gasteiger charge is 2.24. The first-order chi connectivity index (χ1) is 18.2. The van der Waals surface area contributed by atoms with Gasteiger partial charge in [-0.05, 0) is 92.0 Å². The number of rotatable bonds is 9. The van der Waals surface area contributed by atoms with E-state index >= 15 is 0 Å². The van der Waals surface area contributed by atoms with Gasteiger partial charge in [-0.15, -0.1) is 0 Å². The largest absolute Gasteiger partial charge is 0.481 e. The maximum atomic E-state index is 13.2. The van der Waals surface area contributed by atoms with E-state index in [2.05, 4.69) is 60.1 Å². The second-order valence-electron chi connectivity index (χ2n) is 10.9. The van der Waals surface area contributed by atoms with E-state index in [0.29, 0.717) is 24.4 Å². The molecule has 1 aliphatic rings. The highest BCUT2D eigenvalue weighted by atomic mass is 16.4. The van der Waals surface area contributed by atoms with Gasteiger partial charge in [0.25, 0.3) is 5.91 Å². The first-order valence-corrected chi connectivity index (χ1v) is 13.5. The number of nitrogens with one attached hydrogen (secondary N) is 1. The summed E-state index contributed by atoms with van der Waals surface area (Å²) < 4.78 is 2.28. The summed E-state index contributed by atoms with van der Waals surface area (Å²) in [6.07, 6.45) is 3.03. The van der Waals surface area contributed by atoms with Gasteiger partial charge in [0.05, 0.1) is 12.0 Å². The number of carbonyl (C=O) groups is 2. The van der Waals surface area contributed by atoms with E-state index in [4.69, 9.17) is 0 Å². The van der Waals surface area contributed by atoms with Crippen molar-refractivity contribution in [3.8, 4) is 0 Å². The van der Waals surface area contributed by atoms with Crippen molar-refractivity contribution in [2.24, 2.45) is 5.92 Å². The number of amides is 1. The van der Waals surface area contributed by atoms with Gasteiger partial charge in [-0.1, -0.05) is 55.5 Å². The van der Waals surface area contributed by atoms with Crippen LogP contribution in [0.5, 0.6) is 0 Å². The summed E-state index contributed by atoms with van der Waals surface area (Å²) >= 11 is 0. The Labute approximate surface area is 224 Å². The fourth-order valence-corrected chi connectivity index (χ4v) is 5.34. The molecule has 3 aromatic carbocycles. The fourth-order valence-electron chi connectivity index (χ4n) is 5.34. The smallest absolute Gasteiger partial charge is 0.306 e. The van der Waals surface area contributed by atoms with Crippen LogP contribution in [0.2, 0.25) is 0 Å². The minimum atomic E-state index is -0.778. The number of aryl methyl sites for hydroxylation is 1. The molecule has 1 aliphatic carbocycles. The van der Waals surface area contributed by atoms with Crippen LogP contribution in [0.1, 0.15) is 82.5 Å². The van der Waals surface area contributed by atoms with Crippen molar-refractivity contribution in [2.45, 2.75) is 65.5 Å². The molecule has 1 amide bonds. The number of aliphatic carboxylic acids is 1. The van der Waals surface area contributed by atoms with Crippen LogP contribution in [0.4, 0.5) is 0 Å². The summed E-state index contributed by atoms with van der Waals surface area (Å²) in [6, 6.07) is 22.6. The summed E-state index contributed by atoms with van der Waals surface area (Å²) in [5, 5.41) is 13.5. The third-order valence-corrected chi connectivity index (χ3v) is 8.00. The molecule has 4 aromatic rings. The zero-order valence-corrected chi connectivity index (χ0v) is 22.6. The quantitative estimate of drug-likeness (QED) is 0.257. The van der Waals surface area contributed by atoms with Gasteiger partial charge in [0.15, 0.2) is 0 Å². The summed E-state index contributed by atoms with van der Waals surface area (Å²) in [6.45, 7) is 8.68. The molecule has 0 radical (unpaired) electrons. The number of hydrogen-bond donors (Lipinski definition) is 2. The predicted octanol–water partition coefficient (Wildman–Crippen LogP) is 6.94.